The molecule has 8 heteroatoms. The van der Waals surface area contributed by atoms with Gasteiger partial charge in [-0.2, -0.15) is 9.47 Å². The van der Waals surface area contributed by atoms with E-state index in [0.29, 0.717) is 12.4 Å². The SMILES string of the molecule is CN(C)c1nc(Cn2ncsc2=O)ns1. The summed E-state index contributed by atoms with van der Waals surface area (Å²) >= 11 is 2.38. The molecule has 0 aliphatic rings. The Labute approximate surface area is 94.0 Å². The molecular weight excluding hydrogens is 234 g/mol. The molecule has 0 bridgehead atoms. The van der Waals surface area contributed by atoms with Crippen LogP contribution < -0.4 is 9.77 Å². The van der Waals surface area contributed by atoms with Gasteiger partial charge in [-0.3, -0.25) is 4.79 Å². The summed E-state index contributed by atoms with van der Waals surface area (Å²) in [7, 11) is 3.80. The van der Waals surface area contributed by atoms with Crippen LogP contribution in [0.25, 0.3) is 0 Å². The second kappa shape index (κ2) is 4.07. The van der Waals surface area contributed by atoms with E-state index in [1.54, 1.807) is 0 Å². The molecule has 0 spiro atoms. The van der Waals surface area contributed by atoms with Crippen molar-refractivity contribution in [3.63, 3.8) is 0 Å². The van der Waals surface area contributed by atoms with Gasteiger partial charge in [0.05, 0.1) is 0 Å². The number of hydrogen-bond acceptors (Lipinski definition) is 7. The van der Waals surface area contributed by atoms with E-state index in [4.69, 9.17) is 0 Å². The fraction of sp³-hybridized carbons (Fsp3) is 0.429. The Kier molecular flexibility index (Phi) is 2.78. The van der Waals surface area contributed by atoms with Gasteiger partial charge >= 0.3 is 4.87 Å². The first kappa shape index (κ1) is 10.2. The summed E-state index contributed by atoms with van der Waals surface area (Å²) in [5, 5.41) is 4.73. The van der Waals surface area contributed by atoms with Crippen molar-refractivity contribution in [3.05, 3.63) is 21.0 Å². The van der Waals surface area contributed by atoms with Gasteiger partial charge in [-0.15, -0.1) is 0 Å². The Balaban J connectivity index is 2.18. The lowest BCUT2D eigenvalue weighted by molar-refractivity contribution is 0.644. The zero-order chi connectivity index (χ0) is 10.8. The number of nitrogens with zero attached hydrogens (tertiary/aromatic N) is 5. The highest BCUT2D eigenvalue weighted by Gasteiger charge is 2.07. The molecule has 80 valence electrons. The minimum atomic E-state index is -0.0868. The van der Waals surface area contributed by atoms with E-state index in [2.05, 4.69) is 14.5 Å². The molecule has 0 N–H and O–H groups in total. The molecule has 0 fully saturated rings. The van der Waals surface area contributed by atoms with E-state index in [0.717, 1.165) is 16.5 Å². The maximum atomic E-state index is 11.2. The normalized spacial score (nSPS) is 10.5. The van der Waals surface area contributed by atoms with Gasteiger partial charge in [0.25, 0.3) is 0 Å². The first-order chi connectivity index (χ1) is 7.16. The number of anilines is 1. The number of hydrogen-bond donors (Lipinski definition) is 0. The molecule has 0 aromatic carbocycles. The third-order valence-corrected chi connectivity index (χ3v) is 3.22. The molecule has 15 heavy (non-hydrogen) atoms. The van der Waals surface area contributed by atoms with E-state index in [1.807, 2.05) is 19.0 Å². The average Bonchev–Trinajstić information content (AvgIpc) is 2.77. The average molecular weight is 243 g/mol. The van der Waals surface area contributed by atoms with Gasteiger partial charge in [-0.05, 0) is 0 Å². The van der Waals surface area contributed by atoms with Gasteiger partial charge in [0.2, 0.25) is 5.13 Å². The molecule has 0 atom stereocenters. The van der Waals surface area contributed by atoms with Gasteiger partial charge in [0.1, 0.15) is 12.1 Å². The Morgan fingerprint density at radius 2 is 2.33 bits per heavy atom. The molecule has 0 aliphatic carbocycles. The highest BCUT2D eigenvalue weighted by atomic mass is 32.1. The Hall–Kier alpha value is -1.28. The first-order valence-corrected chi connectivity index (χ1v) is 5.82. The minimum Gasteiger partial charge on any atom is -0.353 e. The van der Waals surface area contributed by atoms with Crippen molar-refractivity contribution >= 4 is 28.0 Å². The van der Waals surface area contributed by atoms with Crippen LogP contribution >= 0.6 is 22.9 Å². The molecule has 0 saturated carbocycles. The van der Waals surface area contributed by atoms with E-state index in [9.17, 15) is 4.79 Å². The molecule has 0 radical (unpaired) electrons. The zero-order valence-electron chi connectivity index (χ0n) is 8.25. The third kappa shape index (κ3) is 2.21. The lowest BCUT2D eigenvalue weighted by atomic mass is 10.6. The van der Waals surface area contributed by atoms with Crippen molar-refractivity contribution in [2.45, 2.75) is 6.54 Å². The highest BCUT2D eigenvalue weighted by Crippen LogP contribution is 2.13. The summed E-state index contributed by atoms with van der Waals surface area (Å²) in [5.74, 6) is 0.622. The summed E-state index contributed by atoms with van der Waals surface area (Å²) in [4.78, 5) is 17.3. The quantitative estimate of drug-likeness (QED) is 0.774. The molecule has 0 unspecified atom stereocenters. The molecule has 0 aliphatic heterocycles. The summed E-state index contributed by atoms with van der Waals surface area (Å²) in [6, 6.07) is 0. The van der Waals surface area contributed by atoms with Crippen LogP contribution in [0.5, 0.6) is 0 Å². The fourth-order valence-electron chi connectivity index (χ4n) is 0.963. The zero-order valence-corrected chi connectivity index (χ0v) is 9.88. The van der Waals surface area contributed by atoms with Gasteiger partial charge in [-0.1, -0.05) is 11.3 Å². The largest absolute Gasteiger partial charge is 0.353 e. The highest BCUT2D eigenvalue weighted by molar-refractivity contribution is 7.09. The second-order valence-electron chi connectivity index (χ2n) is 3.05. The van der Waals surface area contributed by atoms with Crippen LogP contribution in [0.1, 0.15) is 5.82 Å². The Morgan fingerprint density at radius 1 is 1.53 bits per heavy atom. The monoisotopic (exact) mass is 243 g/mol. The van der Waals surface area contributed by atoms with E-state index >= 15 is 0 Å². The molecule has 0 amide bonds. The number of rotatable bonds is 3. The van der Waals surface area contributed by atoms with E-state index in [1.165, 1.54) is 21.7 Å². The molecular formula is C7H9N5OS2. The molecule has 6 nitrogen and oxygen atoms in total. The van der Waals surface area contributed by atoms with Crippen LogP contribution in [0.2, 0.25) is 0 Å². The van der Waals surface area contributed by atoms with Crippen LogP contribution in [0, 0.1) is 0 Å². The summed E-state index contributed by atoms with van der Waals surface area (Å²) in [6.07, 6.45) is 0. The van der Waals surface area contributed by atoms with E-state index < -0.39 is 0 Å². The van der Waals surface area contributed by atoms with E-state index in [-0.39, 0.29) is 4.87 Å². The van der Waals surface area contributed by atoms with Crippen molar-refractivity contribution in [3.8, 4) is 0 Å². The van der Waals surface area contributed by atoms with Crippen molar-refractivity contribution in [2.24, 2.45) is 0 Å². The molecule has 2 aromatic heterocycles. The molecule has 0 saturated heterocycles. The van der Waals surface area contributed by atoms with Crippen LogP contribution in [0.15, 0.2) is 10.3 Å². The van der Waals surface area contributed by atoms with Crippen molar-refractivity contribution < 1.29 is 0 Å². The molecule has 2 heterocycles. The lowest BCUT2D eigenvalue weighted by Crippen LogP contribution is -2.16. The third-order valence-electron chi connectivity index (χ3n) is 1.68. The predicted octanol–water partition coefficient (Wildman–Crippen LogP) is 0.271. The van der Waals surface area contributed by atoms with Crippen LogP contribution in [0.4, 0.5) is 5.13 Å². The predicted molar refractivity (Wildman–Crippen MR) is 59.7 cm³/mol. The van der Waals surface area contributed by atoms with Crippen LogP contribution in [-0.4, -0.2) is 33.2 Å². The van der Waals surface area contributed by atoms with Crippen molar-refractivity contribution in [2.75, 3.05) is 19.0 Å². The minimum absolute atomic E-state index is 0.0868. The smallest absolute Gasteiger partial charge is 0.325 e. The second-order valence-corrected chi connectivity index (χ2v) is 4.58. The fourth-order valence-corrected chi connectivity index (χ4v) is 2.04. The van der Waals surface area contributed by atoms with Gasteiger partial charge in [0, 0.05) is 25.6 Å². The number of aromatic nitrogens is 4. The molecule has 2 aromatic rings. The van der Waals surface area contributed by atoms with Crippen LogP contribution in [-0.2, 0) is 6.54 Å². The van der Waals surface area contributed by atoms with Crippen molar-refractivity contribution in [1.82, 2.24) is 19.1 Å². The standard InChI is InChI=1S/C7H9N5OS2/c1-11(2)6-9-5(10-15-6)3-12-7(13)14-4-8-12/h4H,3H2,1-2H3. The maximum Gasteiger partial charge on any atom is 0.325 e. The van der Waals surface area contributed by atoms with Gasteiger partial charge in [0.15, 0.2) is 5.82 Å². The van der Waals surface area contributed by atoms with Crippen LogP contribution in [0.3, 0.4) is 0 Å². The van der Waals surface area contributed by atoms with Crippen molar-refractivity contribution in [1.29, 1.82) is 0 Å². The van der Waals surface area contributed by atoms with Gasteiger partial charge < -0.3 is 4.90 Å². The Morgan fingerprint density at radius 3 is 2.87 bits per heavy atom. The van der Waals surface area contributed by atoms with Gasteiger partial charge in [-0.25, -0.2) is 9.67 Å². The summed E-state index contributed by atoms with van der Waals surface area (Å²) in [5.41, 5.74) is 1.52. The first-order valence-electron chi connectivity index (χ1n) is 4.17. The Bertz CT molecular complexity index is 499. The summed E-state index contributed by atoms with van der Waals surface area (Å²) in [6.45, 7) is 0.340. The lowest BCUT2D eigenvalue weighted by Gasteiger charge is -2.04. The summed E-state index contributed by atoms with van der Waals surface area (Å²) < 4.78 is 5.50. The molecule has 2 rings (SSSR count). The maximum absolute atomic E-state index is 11.2. The topological polar surface area (TPSA) is 63.9 Å².